The van der Waals surface area contributed by atoms with Crippen molar-refractivity contribution in [1.29, 1.82) is 0 Å². The third-order valence-electron chi connectivity index (χ3n) is 5.32. The highest BCUT2D eigenvalue weighted by atomic mass is 32.2. The number of nitrogens with zero attached hydrogens (tertiary/aromatic N) is 2. The van der Waals surface area contributed by atoms with Gasteiger partial charge >= 0.3 is 0 Å². The number of halogens is 1. The molecule has 4 amide bonds. The van der Waals surface area contributed by atoms with Crippen molar-refractivity contribution in [2.24, 2.45) is 0 Å². The Morgan fingerprint density at radius 2 is 1.76 bits per heavy atom. The molecule has 2 aromatic rings. The van der Waals surface area contributed by atoms with Gasteiger partial charge in [0.05, 0.1) is 4.91 Å². The summed E-state index contributed by atoms with van der Waals surface area (Å²) in [5.74, 6) is -1.28. The summed E-state index contributed by atoms with van der Waals surface area (Å²) < 4.78 is 18.6. The van der Waals surface area contributed by atoms with Crippen LogP contribution in [0, 0.1) is 5.82 Å². The maximum absolute atomic E-state index is 13.0. The third-order valence-corrected chi connectivity index (χ3v) is 6.23. The number of hydrogen-bond donors (Lipinski definition) is 1. The molecule has 1 N–H and O–H groups in total. The third kappa shape index (κ3) is 5.63. The minimum absolute atomic E-state index is 0.172. The Morgan fingerprint density at radius 3 is 2.50 bits per heavy atom. The van der Waals surface area contributed by atoms with Crippen LogP contribution in [-0.4, -0.2) is 59.0 Å². The summed E-state index contributed by atoms with van der Waals surface area (Å²) in [5, 5.41) is 2.10. The fraction of sp³-hybridized carbons (Fsp3) is 0.250. The Morgan fingerprint density at radius 1 is 1.06 bits per heavy atom. The lowest BCUT2D eigenvalue weighted by Gasteiger charge is -2.18. The van der Waals surface area contributed by atoms with Crippen molar-refractivity contribution in [3.63, 3.8) is 0 Å². The Labute approximate surface area is 199 Å². The van der Waals surface area contributed by atoms with Crippen LogP contribution < -0.4 is 10.1 Å². The lowest BCUT2D eigenvalue weighted by atomic mass is 10.2. The van der Waals surface area contributed by atoms with Gasteiger partial charge in [-0.05, 0) is 61.0 Å². The van der Waals surface area contributed by atoms with Crippen molar-refractivity contribution >= 4 is 46.5 Å². The van der Waals surface area contributed by atoms with Crippen molar-refractivity contribution in [2.45, 2.75) is 12.8 Å². The monoisotopic (exact) mass is 483 g/mol. The van der Waals surface area contributed by atoms with E-state index in [2.05, 4.69) is 5.32 Å². The van der Waals surface area contributed by atoms with E-state index in [4.69, 9.17) is 4.74 Å². The summed E-state index contributed by atoms with van der Waals surface area (Å²) in [5.41, 5.74) is 0.939. The molecule has 34 heavy (non-hydrogen) atoms. The summed E-state index contributed by atoms with van der Waals surface area (Å²) in [6.07, 6.45) is 3.36. The van der Waals surface area contributed by atoms with Gasteiger partial charge in [0.15, 0.2) is 6.61 Å². The average Bonchev–Trinajstić information content (AvgIpc) is 3.45. The zero-order chi connectivity index (χ0) is 24.1. The van der Waals surface area contributed by atoms with E-state index in [0.717, 1.165) is 29.5 Å². The molecular formula is C24H22FN3O5S. The first-order chi connectivity index (χ1) is 16.4. The average molecular weight is 484 g/mol. The quantitative estimate of drug-likeness (QED) is 0.606. The SMILES string of the molecule is O=C(COc1ccccc1/C=C1/SC(=O)N(CC(=O)N2CCCC2)C1=O)Nc1ccc(F)cc1. The minimum atomic E-state index is -0.536. The molecule has 2 heterocycles. The van der Waals surface area contributed by atoms with Crippen LogP contribution in [0.15, 0.2) is 53.4 Å². The number of carbonyl (C=O) groups excluding carboxylic acids is 4. The van der Waals surface area contributed by atoms with Gasteiger partial charge in [-0.3, -0.25) is 24.1 Å². The predicted molar refractivity (Wildman–Crippen MR) is 125 cm³/mol. The van der Waals surface area contributed by atoms with E-state index < -0.39 is 22.9 Å². The molecule has 0 aromatic heterocycles. The first-order valence-electron chi connectivity index (χ1n) is 10.7. The molecule has 176 valence electrons. The van der Waals surface area contributed by atoms with Gasteiger partial charge in [-0.1, -0.05) is 18.2 Å². The highest BCUT2D eigenvalue weighted by molar-refractivity contribution is 8.18. The summed E-state index contributed by atoms with van der Waals surface area (Å²) in [7, 11) is 0. The van der Waals surface area contributed by atoms with E-state index in [1.807, 2.05) is 0 Å². The maximum atomic E-state index is 13.0. The van der Waals surface area contributed by atoms with Crippen molar-refractivity contribution in [3.05, 3.63) is 64.8 Å². The van der Waals surface area contributed by atoms with Crippen LogP contribution in [0.2, 0.25) is 0 Å². The molecule has 0 atom stereocenters. The molecule has 2 aliphatic heterocycles. The molecule has 2 fully saturated rings. The van der Waals surface area contributed by atoms with E-state index in [9.17, 15) is 23.6 Å². The van der Waals surface area contributed by atoms with Crippen LogP contribution in [0.25, 0.3) is 6.08 Å². The van der Waals surface area contributed by atoms with Crippen LogP contribution in [0.5, 0.6) is 5.75 Å². The van der Waals surface area contributed by atoms with Gasteiger partial charge < -0.3 is 15.0 Å². The molecule has 2 saturated heterocycles. The van der Waals surface area contributed by atoms with Gasteiger partial charge in [-0.25, -0.2) is 4.39 Å². The summed E-state index contributed by atoms with van der Waals surface area (Å²) in [6.45, 7) is 0.701. The number of anilines is 1. The normalized spacial score (nSPS) is 16.9. The molecule has 10 heteroatoms. The molecule has 2 aromatic carbocycles. The number of likely N-dealkylation sites (tertiary alicyclic amines) is 1. The summed E-state index contributed by atoms with van der Waals surface area (Å²) in [4.78, 5) is 52.5. The number of para-hydroxylation sites is 1. The Balaban J connectivity index is 1.40. The topological polar surface area (TPSA) is 96.0 Å². The second-order valence-corrected chi connectivity index (χ2v) is 8.73. The molecule has 2 aliphatic rings. The van der Waals surface area contributed by atoms with E-state index in [-0.39, 0.29) is 24.0 Å². The van der Waals surface area contributed by atoms with Gasteiger partial charge in [0.1, 0.15) is 18.1 Å². The van der Waals surface area contributed by atoms with Gasteiger partial charge in [0.25, 0.3) is 17.1 Å². The molecule has 0 saturated carbocycles. The fourth-order valence-electron chi connectivity index (χ4n) is 3.58. The molecule has 0 bridgehead atoms. The zero-order valence-corrected chi connectivity index (χ0v) is 19.0. The lowest BCUT2D eigenvalue weighted by molar-refractivity contribution is -0.135. The van der Waals surface area contributed by atoms with Crippen molar-refractivity contribution < 1.29 is 28.3 Å². The summed E-state index contributed by atoms with van der Waals surface area (Å²) in [6, 6.07) is 12.1. The standard InChI is InChI=1S/C24H22FN3O5S/c25-17-7-9-18(10-8-17)26-21(29)15-33-19-6-2-1-5-16(19)13-20-23(31)28(24(32)34-20)14-22(30)27-11-3-4-12-27/h1-2,5-10,13H,3-4,11-12,14-15H2,(H,26,29)/b20-13+. The number of ether oxygens (including phenoxy) is 1. The second kappa shape index (κ2) is 10.5. The van der Waals surface area contributed by atoms with Gasteiger partial charge in [0, 0.05) is 24.3 Å². The number of benzene rings is 2. The maximum Gasteiger partial charge on any atom is 0.294 e. The Kier molecular flexibility index (Phi) is 7.27. The van der Waals surface area contributed by atoms with Gasteiger partial charge in [0.2, 0.25) is 5.91 Å². The lowest BCUT2D eigenvalue weighted by Crippen LogP contribution is -2.40. The van der Waals surface area contributed by atoms with E-state index >= 15 is 0 Å². The molecule has 0 spiro atoms. The summed E-state index contributed by atoms with van der Waals surface area (Å²) >= 11 is 0.760. The van der Waals surface area contributed by atoms with Crippen LogP contribution in [0.4, 0.5) is 14.9 Å². The van der Waals surface area contributed by atoms with Gasteiger partial charge in [-0.15, -0.1) is 0 Å². The number of hydrogen-bond acceptors (Lipinski definition) is 6. The highest BCUT2D eigenvalue weighted by Gasteiger charge is 2.37. The van der Waals surface area contributed by atoms with Crippen molar-refractivity contribution in [3.8, 4) is 5.75 Å². The number of carbonyl (C=O) groups is 4. The van der Waals surface area contributed by atoms with E-state index in [0.29, 0.717) is 30.1 Å². The van der Waals surface area contributed by atoms with Crippen molar-refractivity contribution in [1.82, 2.24) is 9.80 Å². The zero-order valence-electron chi connectivity index (χ0n) is 18.2. The van der Waals surface area contributed by atoms with Crippen molar-refractivity contribution in [2.75, 3.05) is 31.6 Å². The first kappa shape index (κ1) is 23.5. The Hall–Kier alpha value is -3.66. The van der Waals surface area contributed by atoms with Crippen LogP contribution in [-0.2, 0) is 14.4 Å². The predicted octanol–water partition coefficient (Wildman–Crippen LogP) is 3.50. The van der Waals surface area contributed by atoms with E-state index in [1.165, 1.54) is 30.3 Å². The first-order valence-corrected chi connectivity index (χ1v) is 11.5. The molecule has 0 aliphatic carbocycles. The van der Waals surface area contributed by atoms with Gasteiger partial charge in [-0.2, -0.15) is 0 Å². The fourth-order valence-corrected chi connectivity index (χ4v) is 4.41. The number of nitrogens with one attached hydrogen (secondary N) is 1. The molecular weight excluding hydrogens is 461 g/mol. The number of amides is 4. The Bertz CT molecular complexity index is 1150. The minimum Gasteiger partial charge on any atom is -0.483 e. The number of rotatable bonds is 7. The highest BCUT2D eigenvalue weighted by Crippen LogP contribution is 2.34. The number of thioether (sulfide) groups is 1. The van der Waals surface area contributed by atoms with Crippen LogP contribution >= 0.6 is 11.8 Å². The molecule has 0 radical (unpaired) electrons. The molecule has 4 rings (SSSR count). The number of imide groups is 1. The molecule has 0 unspecified atom stereocenters. The van der Waals surface area contributed by atoms with Crippen LogP contribution in [0.1, 0.15) is 18.4 Å². The molecule has 8 nitrogen and oxygen atoms in total. The second-order valence-electron chi connectivity index (χ2n) is 7.74. The van der Waals surface area contributed by atoms with Crippen LogP contribution in [0.3, 0.4) is 0 Å². The largest absolute Gasteiger partial charge is 0.483 e. The smallest absolute Gasteiger partial charge is 0.294 e. The van der Waals surface area contributed by atoms with E-state index in [1.54, 1.807) is 29.2 Å².